The number of anilines is 2. The summed E-state index contributed by atoms with van der Waals surface area (Å²) < 4.78 is 6.88. The highest BCUT2D eigenvalue weighted by Crippen LogP contribution is 2.38. The summed E-state index contributed by atoms with van der Waals surface area (Å²) in [5, 5.41) is 7.47. The van der Waals surface area contributed by atoms with Crippen LogP contribution in [-0.2, 0) is 16.6 Å². The molecule has 2 aromatic carbocycles. The van der Waals surface area contributed by atoms with Gasteiger partial charge in [0, 0.05) is 36.0 Å². The number of hydrogen-bond donors (Lipinski definition) is 2. The zero-order valence-corrected chi connectivity index (χ0v) is 15.5. The van der Waals surface area contributed by atoms with Crippen LogP contribution < -0.4 is 10.6 Å². The number of benzene rings is 2. The topological polar surface area (TPSA) is 72.4 Å². The molecule has 1 atom stereocenters. The fourth-order valence-electron chi connectivity index (χ4n) is 3.64. The molecule has 6 heteroatoms. The third-order valence-corrected chi connectivity index (χ3v) is 4.96. The SMILES string of the molecule is COC(=O)c1ccc2cc(-c3cccc4c3N[C@H](C)CC(=O)N4)n(C)c2c1. The van der Waals surface area contributed by atoms with Crippen LogP contribution in [0, 0.1) is 0 Å². The highest BCUT2D eigenvalue weighted by atomic mass is 16.5. The number of aromatic nitrogens is 1. The van der Waals surface area contributed by atoms with Gasteiger partial charge in [-0.05, 0) is 31.2 Å². The Kier molecular flexibility index (Phi) is 4.11. The van der Waals surface area contributed by atoms with Crippen LogP contribution in [0.4, 0.5) is 11.4 Å². The maximum Gasteiger partial charge on any atom is 0.337 e. The summed E-state index contributed by atoms with van der Waals surface area (Å²) in [4.78, 5) is 23.9. The van der Waals surface area contributed by atoms with Crippen molar-refractivity contribution in [3.8, 4) is 11.3 Å². The molecule has 2 N–H and O–H groups in total. The second-order valence-electron chi connectivity index (χ2n) is 6.88. The minimum absolute atomic E-state index is 0.00524. The van der Waals surface area contributed by atoms with E-state index in [2.05, 4.69) is 21.3 Å². The minimum Gasteiger partial charge on any atom is -0.465 e. The van der Waals surface area contributed by atoms with Gasteiger partial charge in [-0.1, -0.05) is 18.2 Å². The van der Waals surface area contributed by atoms with E-state index in [-0.39, 0.29) is 17.9 Å². The molecule has 0 aliphatic carbocycles. The maximum absolute atomic E-state index is 12.0. The number of methoxy groups -OCH3 is 1. The molecule has 0 saturated carbocycles. The van der Waals surface area contributed by atoms with Gasteiger partial charge in [-0.25, -0.2) is 4.79 Å². The summed E-state index contributed by atoms with van der Waals surface area (Å²) in [7, 11) is 3.35. The lowest BCUT2D eigenvalue weighted by Gasteiger charge is -2.17. The lowest BCUT2D eigenvalue weighted by molar-refractivity contribution is -0.116. The summed E-state index contributed by atoms with van der Waals surface area (Å²) in [6, 6.07) is 13.5. The minimum atomic E-state index is -0.355. The maximum atomic E-state index is 12.0. The average Bonchev–Trinajstić information content (AvgIpc) is 2.89. The Balaban J connectivity index is 1.88. The Hall–Kier alpha value is -3.28. The van der Waals surface area contributed by atoms with Gasteiger partial charge in [0.2, 0.25) is 5.91 Å². The van der Waals surface area contributed by atoms with E-state index in [4.69, 9.17) is 4.74 Å². The molecule has 138 valence electrons. The number of nitrogens with zero attached hydrogens (tertiary/aromatic N) is 1. The van der Waals surface area contributed by atoms with Crippen LogP contribution in [0.15, 0.2) is 42.5 Å². The predicted octanol–water partition coefficient (Wildman–Crippen LogP) is 3.77. The summed E-state index contributed by atoms with van der Waals surface area (Å²) in [5.41, 5.74) is 5.15. The largest absolute Gasteiger partial charge is 0.465 e. The van der Waals surface area contributed by atoms with E-state index in [1.165, 1.54) is 7.11 Å². The smallest absolute Gasteiger partial charge is 0.337 e. The fourth-order valence-corrected chi connectivity index (χ4v) is 3.64. The van der Waals surface area contributed by atoms with E-state index >= 15 is 0 Å². The quantitative estimate of drug-likeness (QED) is 0.680. The fraction of sp³-hybridized carbons (Fsp3) is 0.238. The van der Waals surface area contributed by atoms with Crippen molar-refractivity contribution in [3.63, 3.8) is 0 Å². The van der Waals surface area contributed by atoms with Crippen molar-refractivity contribution in [2.45, 2.75) is 19.4 Å². The third-order valence-electron chi connectivity index (χ3n) is 4.96. The van der Waals surface area contributed by atoms with Crippen molar-refractivity contribution in [2.75, 3.05) is 17.7 Å². The lowest BCUT2D eigenvalue weighted by atomic mass is 10.1. The number of hydrogen-bond acceptors (Lipinski definition) is 4. The lowest BCUT2D eigenvalue weighted by Crippen LogP contribution is -2.19. The molecule has 27 heavy (non-hydrogen) atoms. The number of esters is 1. The van der Waals surface area contributed by atoms with Crippen LogP contribution in [0.2, 0.25) is 0 Å². The standard InChI is InChI=1S/C21H21N3O3/c1-12-9-19(25)23-16-6-4-5-15(20(16)22-12)18-10-13-7-8-14(21(26)27-3)11-17(13)24(18)2/h4-8,10-12,22H,9H2,1-3H3,(H,23,25)/t12-/m1/s1. The van der Waals surface area contributed by atoms with Gasteiger partial charge in [0.15, 0.2) is 0 Å². The van der Waals surface area contributed by atoms with Crippen LogP contribution in [0.25, 0.3) is 22.2 Å². The molecule has 0 fully saturated rings. The predicted molar refractivity (Wildman–Crippen MR) is 106 cm³/mol. The third kappa shape index (κ3) is 2.93. The molecule has 0 bridgehead atoms. The molecule has 2 heterocycles. The van der Waals surface area contributed by atoms with Crippen molar-refractivity contribution in [1.29, 1.82) is 0 Å². The zero-order valence-electron chi connectivity index (χ0n) is 15.5. The number of rotatable bonds is 2. The van der Waals surface area contributed by atoms with E-state index in [0.717, 1.165) is 33.5 Å². The van der Waals surface area contributed by atoms with Crippen molar-refractivity contribution < 1.29 is 14.3 Å². The van der Waals surface area contributed by atoms with Crippen LogP contribution in [0.5, 0.6) is 0 Å². The number of aryl methyl sites for hydroxylation is 1. The highest BCUT2D eigenvalue weighted by molar-refractivity contribution is 6.02. The Morgan fingerprint density at radius 1 is 1.22 bits per heavy atom. The van der Waals surface area contributed by atoms with Crippen LogP contribution in [-0.4, -0.2) is 29.6 Å². The summed E-state index contributed by atoms with van der Waals surface area (Å²) in [6.07, 6.45) is 0.422. The normalized spacial score (nSPS) is 16.3. The number of ether oxygens (including phenoxy) is 1. The van der Waals surface area contributed by atoms with E-state index in [0.29, 0.717) is 12.0 Å². The van der Waals surface area contributed by atoms with E-state index in [9.17, 15) is 9.59 Å². The van der Waals surface area contributed by atoms with Gasteiger partial charge < -0.3 is 19.9 Å². The monoisotopic (exact) mass is 363 g/mol. The van der Waals surface area contributed by atoms with Crippen molar-refractivity contribution in [1.82, 2.24) is 4.57 Å². The second-order valence-corrected chi connectivity index (χ2v) is 6.88. The van der Waals surface area contributed by atoms with Gasteiger partial charge in [-0.3, -0.25) is 4.79 Å². The molecule has 1 aromatic heterocycles. The number of para-hydroxylation sites is 1. The van der Waals surface area contributed by atoms with Crippen molar-refractivity contribution in [2.24, 2.45) is 7.05 Å². The first-order valence-corrected chi connectivity index (χ1v) is 8.85. The van der Waals surface area contributed by atoms with Gasteiger partial charge in [0.1, 0.15) is 0 Å². The summed E-state index contributed by atoms with van der Waals surface area (Å²) >= 11 is 0. The summed E-state index contributed by atoms with van der Waals surface area (Å²) in [5.74, 6) is -0.350. The highest BCUT2D eigenvalue weighted by Gasteiger charge is 2.22. The number of carbonyl (C=O) groups is 2. The van der Waals surface area contributed by atoms with Gasteiger partial charge in [0.25, 0.3) is 0 Å². The number of carbonyl (C=O) groups excluding carboxylic acids is 2. The molecule has 1 aliphatic rings. The van der Waals surface area contributed by atoms with Gasteiger partial charge >= 0.3 is 5.97 Å². The molecule has 0 radical (unpaired) electrons. The molecule has 0 unspecified atom stereocenters. The van der Waals surface area contributed by atoms with Crippen LogP contribution >= 0.6 is 0 Å². The first kappa shape index (κ1) is 17.1. The number of fused-ring (bicyclic) bond motifs is 2. The Morgan fingerprint density at radius 3 is 2.81 bits per heavy atom. The van der Waals surface area contributed by atoms with E-state index < -0.39 is 0 Å². The van der Waals surface area contributed by atoms with E-state index in [1.54, 1.807) is 6.07 Å². The van der Waals surface area contributed by atoms with Gasteiger partial charge in [-0.15, -0.1) is 0 Å². The summed E-state index contributed by atoms with van der Waals surface area (Å²) in [6.45, 7) is 2.00. The van der Waals surface area contributed by atoms with Crippen LogP contribution in [0.3, 0.4) is 0 Å². The molecular formula is C21H21N3O3. The molecule has 3 aromatic rings. The van der Waals surface area contributed by atoms with Gasteiger partial charge in [-0.2, -0.15) is 0 Å². The Labute approximate surface area is 157 Å². The zero-order chi connectivity index (χ0) is 19.1. The Morgan fingerprint density at radius 2 is 2.04 bits per heavy atom. The molecule has 0 spiro atoms. The molecule has 6 nitrogen and oxygen atoms in total. The molecule has 4 rings (SSSR count). The Bertz CT molecular complexity index is 1070. The number of amides is 1. The van der Waals surface area contributed by atoms with E-state index in [1.807, 2.05) is 44.3 Å². The molecular weight excluding hydrogens is 342 g/mol. The van der Waals surface area contributed by atoms with Crippen molar-refractivity contribution in [3.05, 3.63) is 48.0 Å². The van der Waals surface area contributed by atoms with Crippen molar-refractivity contribution >= 4 is 34.2 Å². The molecule has 1 aliphatic heterocycles. The molecule has 1 amide bonds. The average molecular weight is 363 g/mol. The first-order chi connectivity index (χ1) is 13.0. The van der Waals surface area contributed by atoms with Gasteiger partial charge in [0.05, 0.1) is 29.7 Å². The number of nitrogens with one attached hydrogen (secondary N) is 2. The second kappa shape index (κ2) is 6.46. The van der Waals surface area contributed by atoms with Crippen LogP contribution in [0.1, 0.15) is 23.7 Å². The first-order valence-electron chi connectivity index (χ1n) is 8.85. The molecule has 0 saturated heterocycles.